The van der Waals surface area contributed by atoms with Crippen molar-refractivity contribution in [1.82, 2.24) is 19.9 Å². The van der Waals surface area contributed by atoms with Gasteiger partial charge in [0.2, 0.25) is 5.91 Å². The van der Waals surface area contributed by atoms with Crippen LogP contribution in [0.3, 0.4) is 0 Å². The van der Waals surface area contributed by atoms with Crippen molar-refractivity contribution in [2.45, 2.75) is 38.8 Å². The van der Waals surface area contributed by atoms with Gasteiger partial charge in [-0.05, 0) is 38.3 Å². The Morgan fingerprint density at radius 2 is 2.08 bits per heavy atom. The third kappa shape index (κ3) is 3.52. The zero-order chi connectivity index (χ0) is 17.8. The van der Waals surface area contributed by atoms with E-state index in [4.69, 9.17) is 4.74 Å². The minimum absolute atomic E-state index is 0.243. The largest absolute Gasteiger partial charge is 0.464 e. The van der Waals surface area contributed by atoms with Gasteiger partial charge in [0.05, 0.1) is 12.0 Å². The highest BCUT2D eigenvalue weighted by molar-refractivity contribution is 5.85. The number of nitrogens with zero attached hydrogens (tertiary/aromatic N) is 4. The predicted molar refractivity (Wildman–Crippen MR) is 89.8 cm³/mol. The molecule has 1 amide bonds. The Morgan fingerprint density at radius 3 is 2.88 bits per heavy atom. The van der Waals surface area contributed by atoms with Gasteiger partial charge >= 0.3 is 5.97 Å². The number of fused-ring (bicyclic) bond motifs is 1. The topological polar surface area (TPSA) is 94.4 Å². The van der Waals surface area contributed by atoms with Gasteiger partial charge in [-0.15, -0.1) is 5.10 Å². The summed E-state index contributed by atoms with van der Waals surface area (Å²) >= 11 is 0. The summed E-state index contributed by atoms with van der Waals surface area (Å²) in [4.78, 5) is 38.7. The molecule has 25 heavy (non-hydrogen) atoms. The summed E-state index contributed by atoms with van der Waals surface area (Å²) in [6.07, 6.45) is 2.26. The van der Waals surface area contributed by atoms with Gasteiger partial charge in [-0.1, -0.05) is 17.3 Å². The molecular formula is C17H20N4O4. The molecule has 3 rings (SSSR count). The lowest BCUT2D eigenvalue weighted by atomic mass is 10.0. The predicted octanol–water partition coefficient (Wildman–Crippen LogP) is 0.736. The van der Waals surface area contributed by atoms with Crippen LogP contribution >= 0.6 is 0 Å². The zero-order valence-electron chi connectivity index (χ0n) is 14.1. The van der Waals surface area contributed by atoms with Crippen LogP contribution in [0.5, 0.6) is 0 Å². The summed E-state index contributed by atoms with van der Waals surface area (Å²) in [5.74, 6) is -0.725. The van der Waals surface area contributed by atoms with Crippen LogP contribution in [-0.2, 0) is 20.9 Å². The molecule has 1 aromatic carbocycles. The number of ether oxygens (including phenoxy) is 1. The number of carbonyl (C=O) groups is 2. The van der Waals surface area contributed by atoms with Crippen LogP contribution in [0.15, 0.2) is 29.1 Å². The molecule has 1 unspecified atom stereocenters. The number of esters is 1. The van der Waals surface area contributed by atoms with Crippen molar-refractivity contribution in [3.8, 4) is 0 Å². The Morgan fingerprint density at radius 1 is 1.28 bits per heavy atom. The van der Waals surface area contributed by atoms with Crippen molar-refractivity contribution >= 4 is 22.8 Å². The smallest absolute Gasteiger partial charge is 0.328 e. The van der Waals surface area contributed by atoms with E-state index >= 15 is 0 Å². The number of amides is 1. The third-order valence-electron chi connectivity index (χ3n) is 4.30. The van der Waals surface area contributed by atoms with Gasteiger partial charge in [0.1, 0.15) is 18.1 Å². The van der Waals surface area contributed by atoms with E-state index in [1.807, 2.05) is 0 Å². The molecule has 0 bridgehead atoms. The van der Waals surface area contributed by atoms with Crippen molar-refractivity contribution in [3.63, 3.8) is 0 Å². The first-order valence-corrected chi connectivity index (χ1v) is 8.40. The Labute approximate surface area is 144 Å². The number of carbonyl (C=O) groups excluding carboxylic acids is 2. The highest BCUT2D eigenvalue weighted by atomic mass is 16.5. The first-order valence-electron chi connectivity index (χ1n) is 8.40. The monoisotopic (exact) mass is 344 g/mol. The van der Waals surface area contributed by atoms with Crippen molar-refractivity contribution in [2.24, 2.45) is 0 Å². The van der Waals surface area contributed by atoms with E-state index in [9.17, 15) is 14.4 Å². The summed E-state index contributed by atoms with van der Waals surface area (Å²) in [5, 5.41) is 8.22. The number of benzene rings is 1. The van der Waals surface area contributed by atoms with Gasteiger partial charge in [-0.25, -0.2) is 9.48 Å². The minimum Gasteiger partial charge on any atom is -0.464 e. The normalized spacial score (nSPS) is 17.5. The van der Waals surface area contributed by atoms with Gasteiger partial charge in [0, 0.05) is 6.54 Å². The van der Waals surface area contributed by atoms with Crippen LogP contribution in [0.2, 0.25) is 0 Å². The summed E-state index contributed by atoms with van der Waals surface area (Å²) in [7, 11) is 0. The number of piperidine rings is 1. The quantitative estimate of drug-likeness (QED) is 0.759. The highest BCUT2D eigenvalue weighted by Crippen LogP contribution is 2.18. The van der Waals surface area contributed by atoms with Crippen LogP contribution in [0.1, 0.15) is 26.2 Å². The molecule has 2 aromatic rings. The highest BCUT2D eigenvalue weighted by Gasteiger charge is 2.33. The number of hydrogen-bond acceptors (Lipinski definition) is 6. The fourth-order valence-corrected chi connectivity index (χ4v) is 3.06. The Bertz CT molecular complexity index is 848. The molecule has 8 nitrogen and oxygen atoms in total. The maximum absolute atomic E-state index is 12.7. The fourth-order valence-electron chi connectivity index (χ4n) is 3.06. The van der Waals surface area contributed by atoms with Crippen molar-refractivity contribution in [2.75, 3.05) is 13.2 Å². The molecule has 2 heterocycles. The average molecular weight is 344 g/mol. The Balaban J connectivity index is 1.82. The molecule has 132 valence electrons. The molecule has 1 aromatic heterocycles. The minimum atomic E-state index is -0.592. The lowest BCUT2D eigenvalue weighted by Gasteiger charge is -2.33. The van der Waals surface area contributed by atoms with Gasteiger partial charge in [-0.3, -0.25) is 9.59 Å². The third-order valence-corrected chi connectivity index (χ3v) is 4.30. The van der Waals surface area contributed by atoms with Crippen LogP contribution in [0.4, 0.5) is 0 Å². The number of rotatable bonds is 4. The Hall–Kier alpha value is -2.77. The summed E-state index contributed by atoms with van der Waals surface area (Å²) in [6, 6.07) is 6.25. The molecule has 1 aliphatic heterocycles. The second kappa shape index (κ2) is 7.42. The van der Waals surface area contributed by atoms with Gasteiger partial charge in [-0.2, -0.15) is 0 Å². The Kier molecular flexibility index (Phi) is 5.06. The van der Waals surface area contributed by atoms with Crippen molar-refractivity contribution < 1.29 is 14.3 Å². The maximum Gasteiger partial charge on any atom is 0.328 e. The second-order valence-electron chi connectivity index (χ2n) is 5.92. The van der Waals surface area contributed by atoms with Crippen LogP contribution < -0.4 is 5.56 Å². The second-order valence-corrected chi connectivity index (χ2v) is 5.92. The van der Waals surface area contributed by atoms with Crippen LogP contribution in [-0.4, -0.2) is 51.0 Å². The molecule has 0 N–H and O–H groups in total. The van der Waals surface area contributed by atoms with E-state index in [2.05, 4.69) is 10.3 Å². The first kappa shape index (κ1) is 17.1. The molecule has 1 atom stereocenters. The summed E-state index contributed by atoms with van der Waals surface area (Å²) in [6.45, 7) is 2.23. The lowest BCUT2D eigenvalue weighted by Crippen LogP contribution is -2.50. The fraction of sp³-hybridized carbons (Fsp3) is 0.471. The van der Waals surface area contributed by atoms with E-state index in [0.717, 1.165) is 17.5 Å². The standard InChI is InChI=1S/C17H20N4O4/c1-2-25-17(24)14-9-5-6-10-20(14)15(22)11-21-16(23)12-7-3-4-8-13(12)18-19-21/h3-4,7-8,14H,2,5-6,9-11H2,1H3. The molecule has 0 spiro atoms. The van der Waals surface area contributed by atoms with Gasteiger partial charge in [0.15, 0.2) is 0 Å². The summed E-state index contributed by atoms with van der Waals surface area (Å²) < 4.78 is 6.11. The van der Waals surface area contributed by atoms with Crippen molar-refractivity contribution in [1.29, 1.82) is 0 Å². The van der Waals surface area contributed by atoms with Crippen LogP contribution in [0, 0.1) is 0 Å². The number of hydrogen-bond donors (Lipinski definition) is 0. The molecule has 0 aliphatic carbocycles. The molecule has 1 saturated heterocycles. The van der Waals surface area contributed by atoms with Gasteiger partial charge in [0.25, 0.3) is 5.56 Å². The van der Waals surface area contributed by atoms with E-state index < -0.39 is 12.0 Å². The summed E-state index contributed by atoms with van der Waals surface area (Å²) in [5.41, 5.74) is 0.113. The SMILES string of the molecule is CCOC(=O)C1CCCCN1C(=O)Cn1nnc2ccccc2c1=O. The lowest BCUT2D eigenvalue weighted by molar-refractivity contribution is -0.157. The van der Waals surface area contributed by atoms with Crippen LogP contribution in [0.25, 0.3) is 10.9 Å². The molecule has 8 heteroatoms. The van der Waals surface area contributed by atoms with Gasteiger partial charge < -0.3 is 9.64 Å². The van der Waals surface area contributed by atoms with E-state index in [-0.39, 0.29) is 24.6 Å². The molecule has 0 saturated carbocycles. The average Bonchev–Trinajstić information content (AvgIpc) is 2.64. The molecular weight excluding hydrogens is 324 g/mol. The number of aromatic nitrogens is 3. The van der Waals surface area contributed by atoms with E-state index in [0.29, 0.717) is 23.9 Å². The van der Waals surface area contributed by atoms with E-state index in [1.165, 1.54) is 4.90 Å². The number of likely N-dealkylation sites (tertiary alicyclic amines) is 1. The zero-order valence-corrected chi connectivity index (χ0v) is 14.1. The molecule has 1 fully saturated rings. The maximum atomic E-state index is 12.7. The van der Waals surface area contributed by atoms with E-state index in [1.54, 1.807) is 31.2 Å². The molecule has 0 radical (unpaired) electrons. The molecule has 1 aliphatic rings. The van der Waals surface area contributed by atoms with Crippen molar-refractivity contribution in [3.05, 3.63) is 34.6 Å². The first-order chi connectivity index (χ1) is 12.1.